The van der Waals surface area contributed by atoms with Gasteiger partial charge < -0.3 is 4.52 Å². The molecule has 2 aromatic rings. The maximum Gasteiger partial charge on any atom is 0.249 e. The lowest BCUT2D eigenvalue weighted by Gasteiger charge is -2.23. The largest absolute Gasteiger partial charge is 0.338 e. The molecule has 7 heteroatoms. The molecule has 26 heavy (non-hydrogen) atoms. The number of carbonyl (C=O) groups excluding carboxylic acids is 2. The highest BCUT2D eigenvalue weighted by Gasteiger charge is 2.37. The summed E-state index contributed by atoms with van der Waals surface area (Å²) in [6, 6.07) is 7.59. The Morgan fingerprint density at radius 1 is 1.35 bits per heavy atom. The summed E-state index contributed by atoms with van der Waals surface area (Å²) in [5.41, 5.74) is 1.64. The number of anilines is 2. The molecule has 1 aromatic carbocycles. The maximum absolute atomic E-state index is 12.7. The van der Waals surface area contributed by atoms with Crippen LogP contribution in [0.4, 0.5) is 16.0 Å². The molecule has 0 spiro atoms. The van der Waals surface area contributed by atoms with E-state index in [4.69, 9.17) is 4.52 Å². The summed E-state index contributed by atoms with van der Waals surface area (Å²) in [4.78, 5) is 26.4. The van der Waals surface area contributed by atoms with Crippen LogP contribution >= 0.6 is 0 Å². The van der Waals surface area contributed by atoms with Crippen molar-refractivity contribution >= 4 is 23.4 Å². The number of aromatic nitrogens is 1. The van der Waals surface area contributed by atoms with E-state index in [-0.39, 0.29) is 29.5 Å². The van der Waals surface area contributed by atoms with Gasteiger partial charge in [0.15, 0.2) is 0 Å². The smallest absolute Gasteiger partial charge is 0.249 e. The van der Waals surface area contributed by atoms with Crippen molar-refractivity contribution in [3.8, 4) is 0 Å². The number of benzene rings is 1. The van der Waals surface area contributed by atoms with Crippen molar-refractivity contribution in [2.24, 2.45) is 0 Å². The fourth-order valence-corrected chi connectivity index (χ4v) is 2.89. The second-order valence-corrected chi connectivity index (χ2v) is 7.43. The number of nitrogens with one attached hydrogen (secondary N) is 1. The average molecular weight is 359 g/mol. The summed E-state index contributed by atoms with van der Waals surface area (Å²) in [6.07, 6.45) is 0.697. The van der Waals surface area contributed by atoms with Crippen LogP contribution in [-0.2, 0) is 21.7 Å². The minimum atomic E-state index is -0.637. The highest BCUT2D eigenvalue weighted by atomic mass is 19.1. The Labute approximate surface area is 151 Å². The van der Waals surface area contributed by atoms with Crippen molar-refractivity contribution in [3.63, 3.8) is 0 Å². The second-order valence-electron chi connectivity index (χ2n) is 7.43. The van der Waals surface area contributed by atoms with E-state index >= 15 is 0 Å². The molecule has 6 nitrogen and oxygen atoms in total. The summed E-state index contributed by atoms with van der Waals surface area (Å²) in [6.45, 7) is 5.42. The van der Waals surface area contributed by atoms with Crippen LogP contribution in [0.15, 0.2) is 34.9 Å². The molecule has 1 atom stereocenters. The van der Waals surface area contributed by atoms with E-state index in [1.807, 2.05) is 20.8 Å². The fraction of sp³-hybridized carbons (Fsp3) is 0.421. The molecule has 0 saturated carbocycles. The molecule has 0 radical (unpaired) electrons. The highest BCUT2D eigenvalue weighted by molar-refractivity contribution is 6.07. The summed E-state index contributed by atoms with van der Waals surface area (Å²) >= 11 is 0. The first kappa shape index (κ1) is 18.1. The lowest BCUT2D eigenvalue weighted by molar-refractivity contribution is -0.120. The van der Waals surface area contributed by atoms with Crippen LogP contribution in [0.1, 0.15) is 44.9 Å². The Kier molecular flexibility index (Phi) is 4.80. The molecule has 1 N–H and O–H groups in total. The fourth-order valence-electron chi connectivity index (χ4n) is 2.89. The molecule has 0 bridgehead atoms. The van der Waals surface area contributed by atoms with Crippen molar-refractivity contribution in [2.75, 3.05) is 10.2 Å². The van der Waals surface area contributed by atoms with Crippen LogP contribution in [0.25, 0.3) is 0 Å². The summed E-state index contributed by atoms with van der Waals surface area (Å²) < 4.78 is 17.9. The third-order valence-corrected chi connectivity index (χ3v) is 4.41. The van der Waals surface area contributed by atoms with E-state index < -0.39 is 12.7 Å². The summed E-state index contributed by atoms with van der Waals surface area (Å²) in [5.74, 6) is -0.208. The van der Waals surface area contributed by atoms with Crippen molar-refractivity contribution in [2.45, 2.75) is 51.7 Å². The number of nitrogens with zero attached hydrogens (tertiary/aromatic N) is 2. The van der Waals surface area contributed by atoms with Gasteiger partial charge >= 0.3 is 0 Å². The Balaban J connectivity index is 1.77. The number of alkyl halides is 1. The Bertz CT molecular complexity index is 808. The number of hydrogen-bond donors (Lipinski definition) is 1. The van der Waals surface area contributed by atoms with Crippen molar-refractivity contribution in [3.05, 3.63) is 41.6 Å². The van der Waals surface area contributed by atoms with Gasteiger partial charge in [-0.15, -0.1) is 0 Å². The van der Waals surface area contributed by atoms with Crippen LogP contribution in [-0.4, -0.2) is 23.0 Å². The highest BCUT2D eigenvalue weighted by Crippen LogP contribution is 2.29. The minimum Gasteiger partial charge on any atom is -0.338 e. The SMILES string of the molecule is CC(C)(C)c1cc(NC(=O)C2CCC(=O)N2c2ccc(CF)cc2)on1. The first-order chi connectivity index (χ1) is 12.3. The standard InChI is InChI=1S/C19H22FN3O3/c1-19(2,3)15-10-16(26-22-15)21-18(25)14-8-9-17(24)23(14)13-6-4-12(11-20)5-7-13/h4-7,10,14H,8-9,11H2,1-3H3,(H,21,25). The number of carbonyl (C=O) groups is 2. The quantitative estimate of drug-likeness (QED) is 0.905. The molecule has 1 unspecified atom stereocenters. The van der Waals surface area contributed by atoms with Crippen molar-refractivity contribution in [1.29, 1.82) is 0 Å². The molecule has 138 valence electrons. The van der Waals surface area contributed by atoms with Crippen molar-refractivity contribution < 1.29 is 18.5 Å². The predicted molar refractivity (Wildman–Crippen MR) is 95.6 cm³/mol. The first-order valence-corrected chi connectivity index (χ1v) is 8.54. The van der Waals surface area contributed by atoms with Gasteiger partial charge in [-0.3, -0.25) is 19.8 Å². The molecule has 1 fully saturated rings. The third kappa shape index (κ3) is 3.61. The van der Waals surface area contributed by atoms with Gasteiger partial charge in [-0.05, 0) is 24.1 Å². The van der Waals surface area contributed by atoms with Crippen LogP contribution in [0, 0.1) is 0 Å². The van der Waals surface area contributed by atoms with Crippen LogP contribution in [0.3, 0.4) is 0 Å². The van der Waals surface area contributed by atoms with Gasteiger partial charge in [0, 0.05) is 23.6 Å². The van der Waals surface area contributed by atoms with Crippen LogP contribution < -0.4 is 10.2 Å². The van der Waals surface area contributed by atoms with Crippen LogP contribution in [0.2, 0.25) is 0 Å². The number of hydrogen-bond acceptors (Lipinski definition) is 4. The van der Waals surface area contributed by atoms with Gasteiger partial charge in [0.1, 0.15) is 12.7 Å². The average Bonchev–Trinajstić information content (AvgIpc) is 3.21. The van der Waals surface area contributed by atoms with E-state index in [1.165, 1.54) is 4.90 Å². The third-order valence-electron chi connectivity index (χ3n) is 4.41. The zero-order chi connectivity index (χ0) is 18.9. The van der Waals surface area contributed by atoms with Gasteiger partial charge in [-0.2, -0.15) is 0 Å². The van der Waals surface area contributed by atoms with Crippen molar-refractivity contribution in [1.82, 2.24) is 5.16 Å². The molecule has 3 rings (SSSR count). The predicted octanol–water partition coefficient (Wildman–Crippen LogP) is 3.58. The lowest BCUT2D eigenvalue weighted by atomic mass is 9.92. The first-order valence-electron chi connectivity index (χ1n) is 8.54. The maximum atomic E-state index is 12.7. The Morgan fingerprint density at radius 3 is 2.62 bits per heavy atom. The zero-order valence-electron chi connectivity index (χ0n) is 15.1. The summed E-state index contributed by atoms with van der Waals surface area (Å²) in [5, 5.41) is 6.67. The minimum absolute atomic E-state index is 0.133. The molecule has 1 aliphatic heterocycles. The number of amides is 2. The van der Waals surface area contributed by atoms with Gasteiger partial charge in [-0.1, -0.05) is 38.1 Å². The molecular formula is C19H22FN3O3. The van der Waals surface area contributed by atoms with E-state index in [2.05, 4.69) is 10.5 Å². The molecule has 2 heterocycles. The lowest BCUT2D eigenvalue weighted by Crippen LogP contribution is -2.41. The van der Waals surface area contributed by atoms with E-state index in [1.54, 1.807) is 30.3 Å². The topological polar surface area (TPSA) is 75.4 Å². The van der Waals surface area contributed by atoms with Gasteiger partial charge in [0.2, 0.25) is 17.7 Å². The number of halogens is 1. The van der Waals surface area contributed by atoms with E-state index in [0.717, 1.165) is 5.69 Å². The Morgan fingerprint density at radius 2 is 2.04 bits per heavy atom. The molecule has 0 aliphatic carbocycles. The second kappa shape index (κ2) is 6.90. The Hall–Kier alpha value is -2.70. The van der Waals surface area contributed by atoms with Gasteiger partial charge in [0.05, 0.1) is 5.69 Å². The number of rotatable bonds is 4. The molecular weight excluding hydrogens is 337 g/mol. The zero-order valence-corrected chi connectivity index (χ0v) is 15.1. The molecule has 1 aromatic heterocycles. The molecule has 2 amide bonds. The molecule has 1 saturated heterocycles. The van der Waals surface area contributed by atoms with E-state index in [0.29, 0.717) is 17.7 Å². The van der Waals surface area contributed by atoms with Gasteiger partial charge in [0.25, 0.3) is 0 Å². The van der Waals surface area contributed by atoms with Crippen LogP contribution in [0.5, 0.6) is 0 Å². The van der Waals surface area contributed by atoms with Gasteiger partial charge in [-0.25, -0.2) is 4.39 Å². The van der Waals surface area contributed by atoms with E-state index in [9.17, 15) is 14.0 Å². The molecule has 1 aliphatic rings. The normalized spacial score (nSPS) is 17.6. The monoisotopic (exact) mass is 359 g/mol. The summed E-state index contributed by atoms with van der Waals surface area (Å²) in [7, 11) is 0.